The Morgan fingerprint density at radius 3 is 2.56 bits per heavy atom. The van der Waals surface area contributed by atoms with E-state index in [9.17, 15) is 0 Å². The number of piperazine rings is 1. The highest BCUT2D eigenvalue weighted by molar-refractivity contribution is 7.13. The second kappa shape index (κ2) is 7.47. The maximum atomic E-state index is 5.90. The van der Waals surface area contributed by atoms with Crippen molar-refractivity contribution in [1.29, 1.82) is 0 Å². The van der Waals surface area contributed by atoms with E-state index in [1.807, 2.05) is 17.5 Å². The SMILES string of the molecule is C[C@@H](c1nnc(-c2cccs2)o1)N1CCN(Cc2ccccc2)CC1. The van der Waals surface area contributed by atoms with Gasteiger partial charge in [-0.15, -0.1) is 21.5 Å². The van der Waals surface area contributed by atoms with Gasteiger partial charge in [0.25, 0.3) is 5.89 Å². The van der Waals surface area contributed by atoms with Crippen LogP contribution < -0.4 is 0 Å². The standard InChI is InChI=1S/C19H22N4OS/c1-15(18-20-21-19(24-18)17-8-5-13-25-17)23-11-9-22(10-12-23)14-16-6-3-2-4-7-16/h2-8,13,15H,9-12,14H2,1H3/t15-/m0/s1. The lowest BCUT2D eigenvalue weighted by molar-refractivity contribution is 0.0876. The van der Waals surface area contributed by atoms with Crippen LogP contribution in [0.15, 0.2) is 52.3 Å². The molecule has 1 saturated heterocycles. The van der Waals surface area contributed by atoms with Crippen LogP contribution in [0.3, 0.4) is 0 Å². The summed E-state index contributed by atoms with van der Waals surface area (Å²) in [6.07, 6.45) is 0. The average molecular weight is 354 g/mol. The van der Waals surface area contributed by atoms with Crippen molar-refractivity contribution in [1.82, 2.24) is 20.0 Å². The summed E-state index contributed by atoms with van der Waals surface area (Å²) in [5.74, 6) is 1.33. The summed E-state index contributed by atoms with van der Waals surface area (Å²) in [7, 11) is 0. The van der Waals surface area contributed by atoms with Crippen LogP contribution in [-0.2, 0) is 6.54 Å². The summed E-state index contributed by atoms with van der Waals surface area (Å²) in [6, 6.07) is 14.8. The Hall–Kier alpha value is -2.02. The molecule has 1 aromatic carbocycles. The molecule has 0 amide bonds. The zero-order chi connectivity index (χ0) is 17.1. The molecule has 1 fully saturated rings. The molecule has 5 nitrogen and oxygen atoms in total. The van der Waals surface area contributed by atoms with Crippen LogP contribution in [0.2, 0.25) is 0 Å². The summed E-state index contributed by atoms with van der Waals surface area (Å²) in [4.78, 5) is 5.95. The smallest absolute Gasteiger partial charge is 0.257 e. The van der Waals surface area contributed by atoms with Crippen molar-refractivity contribution in [3.63, 3.8) is 0 Å². The molecule has 0 unspecified atom stereocenters. The molecule has 1 atom stereocenters. The highest BCUT2D eigenvalue weighted by Crippen LogP contribution is 2.27. The van der Waals surface area contributed by atoms with Gasteiger partial charge in [-0.25, -0.2) is 0 Å². The van der Waals surface area contributed by atoms with Crippen LogP contribution in [0.1, 0.15) is 24.4 Å². The van der Waals surface area contributed by atoms with Gasteiger partial charge in [0.05, 0.1) is 10.9 Å². The van der Waals surface area contributed by atoms with Crippen LogP contribution in [0.4, 0.5) is 0 Å². The van der Waals surface area contributed by atoms with Gasteiger partial charge >= 0.3 is 0 Å². The summed E-state index contributed by atoms with van der Waals surface area (Å²) in [5.41, 5.74) is 1.38. The molecule has 0 spiro atoms. The first kappa shape index (κ1) is 16.4. The second-order valence-electron chi connectivity index (χ2n) is 6.40. The summed E-state index contributed by atoms with van der Waals surface area (Å²) in [6.45, 7) is 7.33. The molecule has 2 aromatic heterocycles. The lowest BCUT2D eigenvalue weighted by Crippen LogP contribution is -2.46. The predicted molar refractivity (Wildman–Crippen MR) is 99.3 cm³/mol. The Bertz CT molecular complexity index is 779. The van der Waals surface area contributed by atoms with Gasteiger partial charge < -0.3 is 4.42 Å². The molecule has 3 heterocycles. The van der Waals surface area contributed by atoms with Crippen LogP contribution >= 0.6 is 11.3 Å². The van der Waals surface area contributed by atoms with Crippen molar-refractivity contribution in [2.45, 2.75) is 19.5 Å². The predicted octanol–water partition coefficient (Wildman–Crippen LogP) is 3.68. The first-order valence-electron chi connectivity index (χ1n) is 8.67. The van der Waals surface area contributed by atoms with Crippen LogP contribution in [0, 0.1) is 0 Å². The summed E-state index contributed by atoms with van der Waals surface area (Å²) >= 11 is 1.62. The van der Waals surface area contributed by atoms with Crippen molar-refractivity contribution >= 4 is 11.3 Å². The van der Waals surface area contributed by atoms with E-state index in [1.165, 1.54) is 5.56 Å². The molecular formula is C19H22N4OS. The van der Waals surface area contributed by atoms with Crippen LogP contribution in [0.25, 0.3) is 10.8 Å². The molecule has 4 rings (SSSR count). The lowest BCUT2D eigenvalue weighted by Gasteiger charge is -2.36. The molecule has 130 valence electrons. The highest BCUT2D eigenvalue weighted by Gasteiger charge is 2.25. The third-order valence-electron chi connectivity index (χ3n) is 4.73. The van der Waals surface area contributed by atoms with Gasteiger partial charge in [-0.3, -0.25) is 9.80 Å². The van der Waals surface area contributed by atoms with Gasteiger partial charge in [-0.2, -0.15) is 0 Å². The highest BCUT2D eigenvalue weighted by atomic mass is 32.1. The van der Waals surface area contributed by atoms with Gasteiger partial charge in [-0.05, 0) is 23.9 Å². The van der Waals surface area contributed by atoms with Gasteiger partial charge in [0, 0.05) is 32.7 Å². The molecule has 6 heteroatoms. The fourth-order valence-corrected chi connectivity index (χ4v) is 3.85. The molecule has 0 N–H and O–H groups in total. The number of rotatable bonds is 5. The third kappa shape index (κ3) is 3.81. The van der Waals surface area contributed by atoms with E-state index in [4.69, 9.17) is 4.42 Å². The number of thiophene rings is 1. The average Bonchev–Trinajstić information content (AvgIpc) is 3.34. The van der Waals surface area contributed by atoms with Crippen molar-refractivity contribution < 1.29 is 4.42 Å². The van der Waals surface area contributed by atoms with Crippen LogP contribution in [-0.4, -0.2) is 46.2 Å². The molecule has 0 aliphatic carbocycles. The molecule has 3 aromatic rings. The van der Waals surface area contributed by atoms with Gasteiger partial charge in [0.2, 0.25) is 5.89 Å². The monoisotopic (exact) mass is 354 g/mol. The maximum absolute atomic E-state index is 5.90. The molecule has 0 radical (unpaired) electrons. The molecule has 1 aliphatic heterocycles. The van der Waals surface area contributed by atoms with E-state index < -0.39 is 0 Å². The minimum Gasteiger partial charge on any atom is -0.418 e. The molecule has 25 heavy (non-hydrogen) atoms. The number of aromatic nitrogens is 2. The Balaban J connectivity index is 1.34. The van der Waals surface area contributed by atoms with E-state index in [0.717, 1.165) is 37.6 Å². The van der Waals surface area contributed by atoms with E-state index in [0.29, 0.717) is 11.8 Å². The zero-order valence-electron chi connectivity index (χ0n) is 14.3. The topological polar surface area (TPSA) is 45.4 Å². The number of hydrogen-bond acceptors (Lipinski definition) is 6. The second-order valence-corrected chi connectivity index (χ2v) is 7.34. The minimum absolute atomic E-state index is 0.153. The van der Waals surface area contributed by atoms with E-state index in [-0.39, 0.29) is 6.04 Å². The lowest BCUT2D eigenvalue weighted by atomic mass is 10.2. The third-order valence-corrected chi connectivity index (χ3v) is 5.59. The zero-order valence-corrected chi connectivity index (χ0v) is 15.2. The van der Waals surface area contributed by atoms with E-state index in [2.05, 4.69) is 57.3 Å². The van der Waals surface area contributed by atoms with Gasteiger partial charge in [0.1, 0.15) is 0 Å². The largest absolute Gasteiger partial charge is 0.418 e. The molecular weight excluding hydrogens is 332 g/mol. The number of nitrogens with zero attached hydrogens (tertiary/aromatic N) is 4. The van der Waals surface area contributed by atoms with Crippen molar-refractivity contribution in [3.05, 3.63) is 59.3 Å². The summed E-state index contributed by atoms with van der Waals surface area (Å²) in [5, 5.41) is 10.5. The van der Waals surface area contributed by atoms with E-state index in [1.54, 1.807) is 11.3 Å². The Kier molecular flexibility index (Phi) is 4.92. The quantitative estimate of drug-likeness (QED) is 0.699. The number of hydrogen-bond donors (Lipinski definition) is 0. The van der Waals surface area contributed by atoms with Crippen molar-refractivity contribution in [2.75, 3.05) is 26.2 Å². The van der Waals surface area contributed by atoms with E-state index >= 15 is 0 Å². The normalized spacial score (nSPS) is 17.6. The van der Waals surface area contributed by atoms with Crippen molar-refractivity contribution in [2.24, 2.45) is 0 Å². The fraction of sp³-hybridized carbons (Fsp3) is 0.368. The van der Waals surface area contributed by atoms with Crippen molar-refractivity contribution in [3.8, 4) is 10.8 Å². The maximum Gasteiger partial charge on any atom is 0.257 e. The molecule has 0 bridgehead atoms. The minimum atomic E-state index is 0.153. The summed E-state index contributed by atoms with van der Waals surface area (Å²) < 4.78 is 5.90. The Labute approximate surface area is 151 Å². The molecule has 1 aliphatic rings. The Morgan fingerprint density at radius 1 is 1.04 bits per heavy atom. The number of benzene rings is 1. The van der Waals surface area contributed by atoms with Crippen LogP contribution in [0.5, 0.6) is 0 Å². The first-order valence-corrected chi connectivity index (χ1v) is 9.55. The fourth-order valence-electron chi connectivity index (χ4n) is 3.21. The Morgan fingerprint density at radius 2 is 1.84 bits per heavy atom. The molecule has 0 saturated carbocycles. The van der Waals surface area contributed by atoms with Gasteiger partial charge in [0.15, 0.2) is 0 Å². The first-order chi connectivity index (χ1) is 12.3. The van der Waals surface area contributed by atoms with Gasteiger partial charge in [-0.1, -0.05) is 36.4 Å².